The van der Waals surface area contributed by atoms with Crippen LogP contribution in [0.25, 0.3) is 0 Å². The second-order valence-corrected chi connectivity index (χ2v) is 3.81. The quantitative estimate of drug-likeness (QED) is 0.487. The summed E-state index contributed by atoms with van der Waals surface area (Å²) in [6.45, 7) is -6.63. The van der Waals surface area contributed by atoms with Crippen molar-refractivity contribution >= 4 is 28.6 Å². The number of rotatable bonds is 4. The predicted molar refractivity (Wildman–Crippen MR) is 55.4 cm³/mol. The Morgan fingerprint density at radius 3 is 2.56 bits per heavy atom. The second kappa shape index (κ2) is 4.73. The van der Waals surface area contributed by atoms with Gasteiger partial charge in [0.05, 0.1) is 11.4 Å². The van der Waals surface area contributed by atoms with E-state index in [1.165, 1.54) is 6.07 Å². The molecule has 0 unspecified atom stereocenters. The summed E-state index contributed by atoms with van der Waals surface area (Å²) in [6.07, 6.45) is 0. The molecular formula is C7H5BBrF3NO3-. The summed E-state index contributed by atoms with van der Waals surface area (Å²) < 4.78 is 40.5. The van der Waals surface area contributed by atoms with E-state index in [2.05, 4.69) is 20.7 Å². The van der Waals surface area contributed by atoms with Crippen molar-refractivity contribution in [1.82, 2.24) is 0 Å². The van der Waals surface area contributed by atoms with Gasteiger partial charge in [-0.3, -0.25) is 10.1 Å². The van der Waals surface area contributed by atoms with Crippen LogP contribution in [0.15, 0.2) is 22.7 Å². The molecule has 9 heteroatoms. The maximum Gasteiger partial charge on any atom is 0.515 e. The highest BCUT2D eigenvalue weighted by Crippen LogP contribution is 2.30. The zero-order chi connectivity index (χ0) is 12.3. The Morgan fingerprint density at radius 2 is 2.06 bits per heavy atom. The minimum absolute atomic E-state index is 0.393. The third-order valence-electron chi connectivity index (χ3n) is 1.55. The fraction of sp³-hybridized carbons (Fsp3) is 0.143. The fourth-order valence-corrected chi connectivity index (χ4v) is 1.29. The van der Waals surface area contributed by atoms with Gasteiger partial charge in [0.25, 0.3) is 0 Å². The molecule has 0 aliphatic heterocycles. The van der Waals surface area contributed by atoms with Crippen LogP contribution in [0.3, 0.4) is 0 Å². The lowest BCUT2D eigenvalue weighted by atomic mass is 9.95. The molecule has 0 atom stereocenters. The van der Waals surface area contributed by atoms with Crippen LogP contribution < -0.4 is 4.74 Å². The summed E-state index contributed by atoms with van der Waals surface area (Å²) in [5, 5.41) is 10.5. The van der Waals surface area contributed by atoms with Gasteiger partial charge in [0.15, 0.2) is 5.75 Å². The van der Waals surface area contributed by atoms with E-state index in [0.717, 1.165) is 12.1 Å². The molecule has 0 saturated heterocycles. The van der Waals surface area contributed by atoms with E-state index in [-0.39, 0.29) is 0 Å². The van der Waals surface area contributed by atoms with Crippen LogP contribution in [0.5, 0.6) is 5.75 Å². The lowest BCUT2D eigenvalue weighted by Crippen LogP contribution is -2.26. The van der Waals surface area contributed by atoms with Crippen LogP contribution in [-0.4, -0.2) is 18.4 Å². The van der Waals surface area contributed by atoms with Crippen molar-refractivity contribution in [3.05, 3.63) is 32.8 Å². The van der Waals surface area contributed by atoms with Crippen LogP contribution in [0.2, 0.25) is 0 Å². The van der Waals surface area contributed by atoms with Crippen LogP contribution in [0.1, 0.15) is 0 Å². The summed E-state index contributed by atoms with van der Waals surface area (Å²) in [4.78, 5) is 9.72. The average Bonchev–Trinajstić information content (AvgIpc) is 2.14. The SMILES string of the molecule is O=[N+]([O-])c1cc(Br)ccc1OC[B-](F)(F)F. The largest absolute Gasteiger partial charge is 0.517 e. The van der Waals surface area contributed by atoms with Gasteiger partial charge < -0.3 is 17.7 Å². The Labute approximate surface area is 96.7 Å². The number of nitro groups is 1. The maximum absolute atomic E-state index is 11.9. The van der Waals surface area contributed by atoms with Crippen molar-refractivity contribution in [1.29, 1.82) is 0 Å². The Hall–Kier alpha value is -1.25. The zero-order valence-corrected chi connectivity index (χ0v) is 9.29. The predicted octanol–water partition coefficient (Wildman–Crippen LogP) is 3.12. The smallest absolute Gasteiger partial charge is 0.515 e. The first kappa shape index (κ1) is 12.8. The fourth-order valence-electron chi connectivity index (χ4n) is 0.940. The molecule has 0 amide bonds. The lowest BCUT2D eigenvalue weighted by molar-refractivity contribution is -0.385. The van der Waals surface area contributed by atoms with Gasteiger partial charge in [0, 0.05) is 10.5 Å². The molecule has 0 radical (unpaired) electrons. The number of ether oxygens (including phenoxy) is 1. The monoisotopic (exact) mass is 298 g/mol. The molecule has 0 saturated carbocycles. The molecule has 1 aromatic carbocycles. The van der Waals surface area contributed by atoms with Gasteiger partial charge in [0.2, 0.25) is 0 Å². The first-order valence-electron chi connectivity index (χ1n) is 4.07. The topological polar surface area (TPSA) is 52.4 Å². The minimum Gasteiger partial charge on any atom is -0.517 e. The molecule has 0 fully saturated rings. The molecule has 0 aliphatic rings. The highest BCUT2D eigenvalue weighted by atomic mass is 79.9. The number of benzene rings is 1. The summed E-state index contributed by atoms with van der Waals surface area (Å²) >= 11 is 2.98. The number of hydrogen-bond donors (Lipinski definition) is 0. The van der Waals surface area contributed by atoms with E-state index in [9.17, 15) is 23.1 Å². The third kappa shape index (κ3) is 3.72. The number of halogens is 4. The van der Waals surface area contributed by atoms with Gasteiger partial charge in [-0.25, -0.2) is 0 Å². The van der Waals surface area contributed by atoms with Gasteiger partial charge in [-0.05, 0) is 12.1 Å². The molecule has 88 valence electrons. The summed E-state index contributed by atoms with van der Waals surface area (Å²) in [5.41, 5.74) is -0.505. The van der Waals surface area contributed by atoms with Crippen molar-refractivity contribution in [2.75, 3.05) is 6.51 Å². The summed E-state index contributed by atoms with van der Waals surface area (Å²) in [5.74, 6) is -0.396. The molecule has 0 N–H and O–H groups in total. The molecule has 1 aromatic rings. The summed E-state index contributed by atoms with van der Waals surface area (Å²) in [7, 11) is 0. The molecule has 4 nitrogen and oxygen atoms in total. The van der Waals surface area contributed by atoms with Crippen LogP contribution >= 0.6 is 15.9 Å². The molecule has 0 spiro atoms. The molecule has 0 heterocycles. The van der Waals surface area contributed by atoms with Gasteiger partial charge in [0.1, 0.15) is 0 Å². The number of nitro benzene ring substituents is 1. The highest BCUT2D eigenvalue weighted by Gasteiger charge is 2.26. The molecule has 16 heavy (non-hydrogen) atoms. The Balaban J connectivity index is 2.91. The zero-order valence-electron chi connectivity index (χ0n) is 7.70. The molecule has 0 bridgehead atoms. The second-order valence-electron chi connectivity index (χ2n) is 2.89. The van der Waals surface area contributed by atoms with Crippen LogP contribution in [0.4, 0.5) is 18.6 Å². The van der Waals surface area contributed by atoms with E-state index < -0.39 is 29.8 Å². The van der Waals surface area contributed by atoms with Gasteiger partial charge >= 0.3 is 12.7 Å². The average molecular weight is 299 g/mol. The molecule has 0 aromatic heterocycles. The van der Waals surface area contributed by atoms with Crippen molar-refractivity contribution in [2.45, 2.75) is 0 Å². The standard InChI is InChI=1S/C7H5BBrF3NO3/c9-5-1-2-7(6(3-5)13(14)15)16-4-8(10,11)12/h1-3H,4H2/q-1. The van der Waals surface area contributed by atoms with Crippen molar-refractivity contribution in [2.24, 2.45) is 0 Å². The normalized spacial score (nSPS) is 11.2. The third-order valence-corrected chi connectivity index (χ3v) is 2.04. The van der Waals surface area contributed by atoms with E-state index in [1.54, 1.807) is 0 Å². The molecule has 0 aliphatic carbocycles. The van der Waals surface area contributed by atoms with Crippen LogP contribution in [0, 0.1) is 10.1 Å². The first-order chi connectivity index (χ1) is 7.29. The lowest BCUT2D eigenvalue weighted by Gasteiger charge is -2.14. The van der Waals surface area contributed by atoms with E-state index >= 15 is 0 Å². The van der Waals surface area contributed by atoms with Crippen molar-refractivity contribution in [3.8, 4) is 5.75 Å². The number of hydrogen-bond acceptors (Lipinski definition) is 3. The minimum atomic E-state index is -5.13. The Kier molecular flexibility index (Phi) is 3.79. The van der Waals surface area contributed by atoms with Crippen molar-refractivity contribution in [3.63, 3.8) is 0 Å². The van der Waals surface area contributed by atoms with Gasteiger partial charge in [-0.15, -0.1) is 0 Å². The summed E-state index contributed by atoms with van der Waals surface area (Å²) in [6, 6.07) is 3.56. The van der Waals surface area contributed by atoms with E-state index in [0.29, 0.717) is 4.47 Å². The highest BCUT2D eigenvalue weighted by molar-refractivity contribution is 9.10. The van der Waals surface area contributed by atoms with Gasteiger partial charge in [-0.1, -0.05) is 15.9 Å². The number of nitrogens with zero attached hydrogens (tertiary/aromatic N) is 1. The van der Waals surface area contributed by atoms with Gasteiger partial charge in [-0.2, -0.15) is 0 Å². The first-order valence-corrected chi connectivity index (χ1v) is 4.86. The maximum atomic E-state index is 11.9. The Morgan fingerprint density at radius 1 is 1.44 bits per heavy atom. The van der Waals surface area contributed by atoms with Crippen LogP contribution in [-0.2, 0) is 0 Å². The molecule has 1 rings (SSSR count). The molecular weight excluding hydrogens is 294 g/mol. The van der Waals surface area contributed by atoms with E-state index in [4.69, 9.17) is 0 Å². The van der Waals surface area contributed by atoms with E-state index in [1.807, 2.05) is 0 Å². The van der Waals surface area contributed by atoms with Crippen molar-refractivity contribution < 1.29 is 22.6 Å². The Bertz CT molecular complexity index is 412.